The SMILES string of the molecule is CN=C(NCC1(c2cccs2)CCCCC1)NC1CCN(CC2CCOC2)CC1. The molecule has 2 N–H and O–H groups in total. The number of nitrogens with zero attached hydrogens (tertiary/aromatic N) is 2. The molecule has 1 aromatic rings. The van der Waals surface area contributed by atoms with E-state index in [9.17, 15) is 0 Å². The van der Waals surface area contributed by atoms with E-state index in [1.54, 1.807) is 4.88 Å². The fraction of sp³-hybridized carbons (Fsp3) is 0.783. The molecular formula is C23H38N4OS. The second-order valence-corrected chi connectivity index (χ2v) is 10.1. The van der Waals surface area contributed by atoms with Crippen molar-refractivity contribution >= 4 is 17.3 Å². The average molecular weight is 419 g/mol. The van der Waals surface area contributed by atoms with E-state index in [-0.39, 0.29) is 5.41 Å². The van der Waals surface area contributed by atoms with Gasteiger partial charge < -0.3 is 20.3 Å². The summed E-state index contributed by atoms with van der Waals surface area (Å²) in [4.78, 5) is 8.72. The summed E-state index contributed by atoms with van der Waals surface area (Å²) >= 11 is 1.92. The van der Waals surface area contributed by atoms with E-state index < -0.39 is 0 Å². The summed E-state index contributed by atoms with van der Waals surface area (Å²) in [6.07, 6.45) is 10.3. The van der Waals surface area contributed by atoms with Crippen molar-refractivity contribution in [2.45, 2.75) is 62.8 Å². The first kappa shape index (κ1) is 21.1. The van der Waals surface area contributed by atoms with Gasteiger partial charge in [0, 0.05) is 56.2 Å². The third kappa shape index (κ3) is 5.53. The Balaban J connectivity index is 1.25. The number of aliphatic imine (C=N–C) groups is 1. The molecule has 1 aliphatic carbocycles. The summed E-state index contributed by atoms with van der Waals surface area (Å²) in [7, 11) is 1.91. The summed E-state index contributed by atoms with van der Waals surface area (Å²) < 4.78 is 5.54. The first-order valence-electron chi connectivity index (χ1n) is 11.6. The molecule has 0 spiro atoms. The Morgan fingerprint density at radius 2 is 2.07 bits per heavy atom. The lowest BCUT2D eigenvalue weighted by Crippen LogP contribution is -2.51. The van der Waals surface area contributed by atoms with Crippen LogP contribution in [0.4, 0.5) is 0 Å². The molecule has 1 saturated carbocycles. The largest absolute Gasteiger partial charge is 0.381 e. The van der Waals surface area contributed by atoms with E-state index in [4.69, 9.17) is 4.74 Å². The Labute approximate surface area is 180 Å². The van der Waals surface area contributed by atoms with Gasteiger partial charge in [0.25, 0.3) is 0 Å². The highest BCUT2D eigenvalue weighted by Crippen LogP contribution is 2.41. The van der Waals surface area contributed by atoms with Crippen LogP contribution in [0.2, 0.25) is 0 Å². The van der Waals surface area contributed by atoms with Gasteiger partial charge in [-0.05, 0) is 49.5 Å². The Bertz CT molecular complexity index is 627. The number of guanidine groups is 1. The monoisotopic (exact) mass is 418 g/mol. The van der Waals surface area contributed by atoms with Crippen molar-refractivity contribution in [3.63, 3.8) is 0 Å². The molecule has 0 aromatic carbocycles. The Morgan fingerprint density at radius 3 is 2.72 bits per heavy atom. The number of likely N-dealkylation sites (tertiary alicyclic amines) is 1. The topological polar surface area (TPSA) is 48.9 Å². The average Bonchev–Trinajstić information content (AvgIpc) is 3.48. The molecule has 2 aliphatic heterocycles. The predicted octanol–water partition coefficient (Wildman–Crippen LogP) is 3.62. The zero-order chi connectivity index (χ0) is 19.9. The van der Waals surface area contributed by atoms with Gasteiger partial charge in [0.15, 0.2) is 5.96 Å². The van der Waals surface area contributed by atoms with Gasteiger partial charge in [0.1, 0.15) is 0 Å². The molecule has 0 bridgehead atoms. The van der Waals surface area contributed by atoms with Crippen LogP contribution in [-0.2, 0) is 10.2 Å². The van der Waals surface area contributed by atoms with Crippen molar-refractivity contribution in [1.29, 1.82) is 0 Å². The lowest BCUT2D eigenvalue weighted by Gasteiger charge is -2.38. The predicted molar refractivity (Wildman–Crippen MR) is 122 cm³/mol. The van der Waals surface area contributed by atoms with Gasteiger partial charge in [-0.25, -0.2) is 0 Å². The highest BCUT2D eigenvalue weighted by Gasteiger charge is 2.35. The molecule has 3 fully saturated rings. The third-order valence-electron chi connectivity index (χ3n) is 7.14. The molecule has 2 saturated heterocycles. The lowest BCUT2D eigenvalue weighted by molar-refractivity contribution is 0.150. The van der Waals surface area contributed by atoms with Gasteiger partial charge in [-0.15, -0.1) is 11.3 Å². The second kappa shape index (κ2) is 10.3. The quantitative estimate of drug-likeness (QED) is 0.547. The molecule has 162 valence electrons. The number of hydrogen-bond acceptors (Lipinski definition) is 4. The highest BCUT2D eigenvalue weighted by molar-refractivity contribution is 7.10. The molecule has 0 amide bonds. The molecule has 3 aliphatic rings. The van der Waals surface area contributed by atoms with Crippen LogP contribution in [0.25, 0.3) is 0 Å². The molecule has 1 aromatic heterocycles. The van der Waals surface area contributed by atoms with Crippen molar-refractivity contribution in [3.05, 3.63) is 22.4 Å². The third-order valence-corrected chi connectivity index (χ3v) is 8.26. The van der Waals surface area contributed by atoms with Gasteiger partial charge in [0.05, 0.1) is 6.61 Å². The Morgan fingerprint density at radius 1 is 1.24 bits per heavy atom. The van der Waals surface area contributed by atoms with Gasteiger partial charge in [-0.2, -0.15) is 0 Å². The van der Waals surface area contributed by atoms with Crippen LogP contribution in [0.3, 0.4) is 0 Å². The molecule has 1 atom stereocenters. The number of nitrogens with one attached hydrogen (secondary N) is 2. The van der Waals surface area contributed by atoms with Crippen LogP contribution in [0.1, 0.15) is 56.2 Å². The fourth-order valence-electron chi connectivity index (χ4n) is 5.31. The number of rotatable bonds is 6. The van der Waals surface area contributed by atoms with E-state index in [1.165, 1.54) is 71.0 Å². The zero-order valence-electron chi connectivity index (χ0n) is 18.0. The van der Waals surface area contributed by atoms with E-state index in [0.29, 0.717) is 6.04 Å². The van der Waals surface area contributed by atoms with E-state index >= 15 is 0 Å². The standard InChI is InChI=1S/C23H38N4OS/c1-24-22(25-18-23(10-3-2-4-11-23)21-6-5-15-29-21)26-20-7-12-27(13-8-20)16-19-9-14-28-17-19/h5-6,15,19-20H,2-4,7-14,16-18H2,1H3,(H2,24,25,26). The number of ether oxygens (including phenoxy) is 1. The van der Waals surface area contributed by atoms with Crippen molar-refractivity contribution < 1.29 is 4.74 Å². The maximum Gasteiger partial charge on any atom is 0.191 e. The van der Waals surface area contributed by atoms with Crippen molar-refractivity contribution in [2.24, 2.45) is 10.9 Å². The molecule has 5 nitrogen and oxygen atoms in total. The van der Waals surface area contributed by atoms with E-state index in [2.05, 4.69) is 38.0 Å². The van der Waals surface area contributed by atoms with Gasteiger partial charge in [-0.3, -0.25) is 4.99 Å². The lowest BCUT2D eigenvalue weighted by atomic mass is 9.73. The summed E-state index contributed by atoms with van der Waals surface area (Å²) in [5.74, 6) is 1.73. The van der Waals surface area contributed by atoms with Crippen LogP contribution in [0.5, 0.6) is 0 Å². The summed E-state index contributed by atoms with van der Waals surface area (Å²) in [5.41, 5.74) is 0.288. The zero-order valence-corrected chi connectivity index (χ0v) is 18.8. The summed E-state index contributed by atoms with van der Waals surface area (Å²) in [6.45, 7) is 6.49. The van der Waals surface area contributed by atoms with Crippen LogP contribution >= 0.6 is 11.3 Å². The maximum absolute atomic E-state index is 5.54. The number of thiophene rings is 1. The van der Waals surface area contributed by atoms with Gasteiger partial charge in [0.2, 0.25) is 0 Å². The highest BCUT2D eigenvalue weighted by atomic mass is 32.1. The molecule has 3 heterocycles. The molecule has 4 rings (SSSR count). The molecule has 0 radical (unpaired) electrons. The first-order chi connectivity index (χ1) is 14.3. The van der Waals surface area contributed by atoms with E-state index in [1.807, 2.05) is 18.4 Å². The summed E-state index contributed by atoms with van der Waals surface area (Å²) in [5, 5.41) is 9.64. The molecule has 29 heavy (non-hydrogen) atoms. The minimum absolute atomic E-state index is 0.288. The molecule has 1 unspecified atom stereocenters. The van der Waals surface area contributed by atoms with Crippen molar-refractivity contribution in [3.8, 4) is 0 Å². The van der Waals surface area contributed by atoms with Gasteiger partial charge >= 0.3 is 0 Å². The fourth-order valence-corrected chi connectivity index (χ4v) is 6.30. The first-order valence-corrected chi connectivity index (χ1v) is 12.5. The van der Waals surface area contributed by atoms with Crippen LogP contribution < -0.4 is 10.6 Å². The molecule has 6 heteroatoms. The normalized spacial score (nSPS) is 26.5. The van der Waals surface area contributed by atoms with Gasteiger partial charge in [-0.1, -0.05) is 25.3 Å². The minimum Gasteiger partial charge on any atom is -0.381 e. The number of piperidine rings is 1. The Kier molecular flexibility index (Phi) is 7.49. The van der Waals surface area contributed by atoms with Crippen molar-refractivity contribution in [1.82, 2.24) is 15.5 Å². The number of hydrogen-bond donors (Lipinski definition) is 2. The van der Waals surface area contributed by atoms with Crippen LogP contribution in [-0.4, -0.2) is 63.3 Å². The van der Waals surface area contributed by atoms with Crippen molar-refractivity contribution in [2.75, 3.05) is 46.4 Å². The smallest absolute Gasteiger partial charge is 0.191 e. The van der Waals surface area contributed by atoms with E-state index in [0.717, 1.165) is 31.6 Å². The summed E-state index contributed by atoms with van der Waals surface area (Å²) in [6, 6.07) is 5.06. The minimum atomic E-state index is 0.288. The van der Waals surface area contributed by atoms with Crippen LogP contribution in [0, 0.1) is 5.92 Å². The second-order valence-electron chi connectivity index (χ2n) is 9.19. The molecular weight excluding hydrogens is 380 g/mol. The Hall–Kier alpha value is -1.11. The maximum atomic E-state index is 5.54. The van der Waals surface area contributed by atoms with Crippen LogP contribution in [0.15, 0.2) is 22.5 Å².